The monoisotopic (exact) mass is 259 g/mol. The van der Waals surface area contributed by atoms with E-state index in [2.05, 4.69) is 4.90 Å². The number of carbonyl (C=O) groups excluding carboxylic acids is 2. The van der Waals surface area contributed by atoms with Crippen LogP contribution >= 0.6 is 0 Å². The van der Waals surface area contributed by atoms with Gasteiger partial charge >= 0.3 is 12.2 Å². The van der Waals surface area contributed by atoms with E-state index in [-0.39, 0.29) is 17.7 Å². The zero-order valence-corrected chi connectivity index (χ0v) is 11.0. The molecule has 0 aliphatic carbocycles. The van der Waals surface area contributed by atoms with Crippen molar-refractivity contribution in [2.75, 3.05) is 13.1 Å². The highest BCUT2D eigenvalue weighted by Crippen LogP contribution is 2.23. The summed E-state index contributed by atoms with van der Waals surface area (Å²) in [6.45, 7) is 7.21. The van der Waals surface area contributed by atoms with Crippen LogP contribution in [0.3, 0.4) is 0 Å². The zero-order valence-electron chi connectivity index (χ0n) is 11.0. The number of hydrogen-bond acceptors (Lipinski definition) is 5. The molecule has 1 fully saturated rings. The van der Waals surface area contributed by atoms with Gasteiger partial charge in [-0.1, -0.05) is 0 Å². The van der Waals surface area contributed by atoms with Crippen LogP contribution < -0.4 is 11.5 Å². The van der Waals surface area contributed by atoms with E-state index in [1.54, 1.807) is 0 Å². The summed E-state index contributed by atoms with van der Waals surface area (Å²) in [6, 6.07) is 0. The molecule has 0 bridgehead atoms. The highest BCUT2D eigenvalue weighted by molar-refractivity contribution is 5.65. The van der Waals surface area contributed by atoms with Crippen molar-refractivity contribution in [1.29, 1.82) is 0 Å². The van der Waals surface area contributed by atoms with Crippen molar-refractivity contribution in [1.82, 2.24) is 4.90 Å². The second kappa shape index (κ2) is 5.43. The van der Waals surface area contributed by atoms with Crippen LogP contribution in [-0.2, 0) is 9.47 Å². The first kappa shape index (κ1) is 14.6. The van der Waals surface area contributed by atoms with E-state index in [9.17, 15) is 9.59 Å². The molecular formula is C11H21N3O4. The van der Waals surface area contributed by atoms with E-state index < -0.39 is 12.2 Å². The Kier molecular flexibility index (Phi) is 4.39. The Bertz CT molecular complexity index is 303. The number of piperidine rings is 1. The third kappa shape index (κ3) is 4.40. The van der Waals surface area contributed by atoms with Gasteiger partial charge in [0.1, 0.15) is 12.2 Å². The minimum absolute atomic E-state index is 0.126. The molecule has 4 N–H and O–H groups in total. The number of carbonyl (C=O) groups is 2. The topological polar surface area (TPSA) is 108 Å². The lowest BCUT2D eigenvalue weighted by Gasteiger charge is -2.43. The van der Waals surface area contributed by atoms with Crippen LogP contribution in [0, 0.1) is 0 Å². The van der Waals surface area contributed by atoms with Gasteiger partial charge in [-0.25, -0.2) is 9.59 Å². The van der Waals surface area contributed by atoms with E-state index in [0.29, 0.717) is 19.5 Å². The van der Waals surface area contributed by atoms with Crippen molar-refractivity contribution in [2.24, 2.45) is 11.5 Å². The molecule has 7 heteroatoms. The Morgan fingerprint density at radius 1 is 1.06 bits per heavy atom. The van der Waals surface area contributed by atoms with E-state index in [1.165, 1.54) is 0 Å². The SMILES string of the molecule is CC(C)(C)N1C[C@H](OC(N)=O)C[C@H](OC(N)=O)C1. The Balaban J connectivity index is 2.72. The van der Waals surface area contributed by atoms with E-state index >= 15 is 0 Å². The molecule has 1 aliphatic heterocycles. The third-order valence-electron chi connectivity index (χ3n) is 2.89. The molecular weight excluding hydrogens is 238 g/mol. The number of primary amides is 2. The molecule has 0 saturated carbocycles. The minimum atomic E-state index is -0.825. The minimum Gasteiger partial charge on any atom is -0.445 e. The first-order valence-corrected chi connectivity index (χ1v) is 5.85. The molecule has 1 saturated heterocycles. The highest BCUT2D eigenvalue weighted by atomic mass is 16.6. The summed E-state index contributed by atoms with van der Waals surface area (Å²) in [5, 5.41) is 0. The van der Waals surface area contributed by atoms with Crippen LogP contribution in [0.15, 0.2) is 0 Å². The van der Waals surface area contributed by atoms with Gasteiger partial charge < -0.3 is 20.9 Å². The fourth-order valence-corrected chi connectivity index (χ4v) is 2.06. The van der Waals surface area contributed by atoms with Gasteiger partial charge in [0.15, 0.2) is 0 Å². The number of ether oxygens (including phenoxy) is 2. The van der Waals surface area contributed by atoms with Crippen molar-refractivity contribution < 1.29 is 19.1 Å². The van der Waals surface area contributed by atoms with Crippen molar-refractivity contribution >= 4 is 12.2 Å². The molecule has 2 atom stereocenters. The Morgan fingerprint density at radius 2 is 1.44 bits per heavy atom. The van der Waals surface area contributed by atoms with Gasteiger partial charge in [-0.05, 0) is 20.8 Å². The maximum Gasteiger partial charge on any atom is 0.404 e. The first-order chi connectivity index (χ1) is 8.18. The summed E-state index contributed by atoms with van der Waals surface area (Å²) in [7, 11) is 0. The number of nitrogens with two attached hydrogens (primary N) is 2. The maximum atomic E-state index is 10.8. The molecule has 104 valence electrons. The molecule has 0 aromatic carbocycles. The lowest BCUT2D eigenvalue weighted by Crippen LogP contribution is -2.55. The van der Waals surface area contributed by atoms with Gasteiger partial charge in [0, 0.05) is 25.0 Å². The predicted molar refractivity (Wildman–Crippen MR) is 64.9 cm³/mol. The molecule has 0 spiro atoms. The number of rotatable bonds is 2. The summed E-state index contributed by atoms with van der Waals surface area (Å²) in [5.74, 6) is 0. The quantitative estimate of drug-likeness (QED) is 0.747. The van der Waals surface area contributed by atoms with Crippen LogP contribution in [0.1, 0.15) is 27.2 Å². The summed E-state index contributed by atoms with van der Waals surface area (Å²) in [5.41, 5.74) is 9.90. The predicted octanol–water partition coefficient (Wildman–Crippen LogP) is 0.418. The molecule has 2 amide bonds. The number of likely N-dealkylation sites (tertiary alicyclic amines) is 1. The molecule has 0 unspecified atom stereocenters. The Labute approximate surface area is 106 Å². The van der Waals surface area contributed by atoms with Crippen molar-refractivity contribution in [2.45, 2.75) is 44.9 Å². The molecule has 7 nitrogen and oxygen atoms in total. The van der Waals surface area contributed by atoms with E-state index in [1.807, 2.05) is 20.8 Å². The fraction of sp³-hybridized carbons (Fsp3) is 0.818. The number of nitrogens with zero attached hydrogens (tertiary/aromatic N) is 1. The van der Waals surface area contributed by atoms with Crippen LogP contribution in [0.5, 0.6) is 0 Å². The summed E-state index contributed by atoms with van der Waals surface area (Å²) < 4.78 is 9.99. The highest BCUT2D eigenvalue weighted by Gasteiger charge is 2.35. The zero-order chi connectivity index (χ0) is 13.9. The Morgan fingerprint density at radius 3 is 1.72 bits per heavy atom. The second-order valence-electron chi connectivity index (χ2n) is 5.43. The fourth-order valence-electron chi connectivity index (χ4n) is 2.06. The van der Waals surface area contributed by atoms with Crippen LogP contribution in [-0.4, -0.2) is 47.9 Å². The summed E-state index contributed by atoms with van der Waals surface area (Å²) in [6.07, 6.45) is -2.01. The van der Waals surface area contributed by atoms with Gasteiger partial charge in [-0.15, -0.1) is 0 Å². The van der Waals surface area contributed by atoms with E-state index in [0.717, 1.165) is 0 Å². The smallest absolute Gasteiger partial charge is 0.404 e. The molecule has 1 rings (SSSR count). The molecule has 0 radical (unpaired) electrons. The Hall–Kier alpha value is -1.50. The second-order valence-corrected chi connectivity index (χ2v) is 5.43. The van der Waals surface area contributed by atoms with Crippen LogP contribution in [0.2, 0.25) is 0 Å². The molecule has 18 heavy (non-hydrogen) atoms. The van der Waals surface area contributed by atoms with Crippen LogP contribution in [0.25, 0.3) is 0 Å². The average molecular weight is 259 g/mol. The number of hydrogen-bond donors (Lipinski definition) is 2. The number of amides is 2. The van der Waals surface area contributed by atoms with Gasteiger partial charge in [0.05, 0.1) is 0 Å². The van der Waals surface area contributed by atoms with Crippen LogP contribution in [0.4, 0.5) is 9.59 Å². The molecule has 1 heterocycles. The molecule has 0 aromatic heterocycles. The normalized spacial score (nSPS) is 25.5. The molecule has 1 aliphatic rings. The molecule has 0 aromatic rings. The van der Waals surface area contributed by atoms with Crippen molar-refractivity contribution in [3.63, 3.8) is 0 Å². The maximum absolute atomic E-state index is 10.8. The van der Waals surface area contributed by atoms with Gasteiger partial charge in [-0.3, -0.25) is 4.90 Å². The largest absolute Gasteiger partial charge is 0.445 e. The van der Waals surface area contributed by atoms with Crippen molar-refractivity contribution in [3.8, 4) is 0 Å². The van der Waals surface area contributed by atoms with E-state index in [4.69, 9.17) is 20.9 Å². The summed E-state index contributed by atoms with van der Waals surface area (Å²) >= 11 is 0. The first-order valence-electron chi connectivity index (χ1n) is 5.85. The standard InChI is InChI=1S/C11H21N3O4/c1-11(2,3)14-5-7(17-9(12)15)4-8(6-14)18-10(13)16/h7-8H,4-6H2,1-3H3,(H2,12,15)(H2,13,16)/t7-,8+. The lowest BCUT2D eigenvalue weighted by molar-refractivity contribution is -0.0482. The van der Waals surface area contributed by atoms with Gasteiger partial charge in [0.2, 0.25) is 0 Å². The average Bonchev–Trinajstić information content (AvgIpc) is 2.13. The van der Waals surface area contributed by atoms with Gasteiger partial charge in [0.25, 0.3) is 0 Å². The third-order valence-corrected chi connectivity index (χ3v) is 2.89. The van der Waals surface area contributed by atoms with Crippen molar-refractivity contribution in [3.05, 3.63) is 0 Å². The lowest BCUT2D eigenvalue weighted by atomic mass is 9.98. The summed E-state index contributed by atoms with van der Waals surface area (Å²) in [4.78, 5) is 23.7. The van der Waals surface area contributed by atoms with Gasteiger partial charge in [-0.2, -0.15) is 0 Å².